The molecule has 0 spiro atoms. The van der Waals surface area contributed by atoms with E-state index in [2.05, 4.69) is 10.3 Å². The molecule has 0 aromatic heterocycles. The second-order valence-electron chi connectivity index (χ2n) is 6.91. The van der Waals surface area contributed by atoms with Gasteiger partial charge in [-0.1, -0.05) is 29.8 Å². The summed E-state index contributed by atoms with van der Waals surface area (Å²) in [6.45, 7) is 7.75. The minimum Gasteiger partial charge on any atom is -0.364 e. The summed E-state index contributed by atoms with van der Waals surface area (Å²) in [6.07, 6.45) is 1.63. The lowest BCUT2D eigenvalue weighted by atomic mass is 9.70. The van der Waals surface area contributed by atoms with Crippen molar-refractivity contribution in [2.45, 2.75) is 58.7 Å². The van der Waals surface area contributed by atoms with Crippen LogP contribution in [0, 0.1) is 0 Å². The van der Waals surface area contributed by atoms with E-state index in [1.54, 1.807) is 25.3 Å². The lowest BCUT2D eigenvalue weighted by Gasteiger charge is -2.44. The number of nitrogens with one attached hydrogen (secondary N) is 1. The molecular weight excluding hydrogens is 325 g/mol. The number of amidine groups is 1. The molecule has 1 N–H and O–H groups in total. The molecule has 1 saturated carbocycles. The van der Waals surface area contributed by atoms with Gasteiger partial charge in [-0.2, -0.15) is 13.2 Å². The zero-order valence-electron chi connectivity index (χ0n) is 15.2. The Morgan fingerprint density at radius 1 is 1.12 bits per heavy atom. The predicted molar refractivity (Wildman–Crippen MR) is 96.4 cm³/mol. The molecular formula is C20H25F3N2. The summed E-state index contributed by atoms with van der Waals surface area (Å²) in [5.74, 6) is 0.623. The lowest BCUT2D eigenvalue weighted by molar-refractivity contribution is -0.139. The van der Waals surface area contributed by atoms with E-state index in [-0.39, 0.29) is 0 Å². The van der Waals surface area contributed by atoms with Crippen LogP contribution in [0.25, 0.3) is 0 Å². The highest BCUT2D eigenvalue weighted by atomic mass is 19.4. The van der Waals surface area contributed by atoms with Gasteiger partial charge >= 0.3 is 6.18 Å². The van der Waals surface area contributed by atoms with Gasteiger partial charge in [-0.05, 0) is 64.2 Å². The van der Waals surface area contributed by atoms with E-state index in [1.165, 1.54) is 11.6 Å². The molecule has 1 aliphatic rings. The minimum absolute atomic E-state index is 0.313. The molecule has 1 aliphatic carbocycles. The molecule has 0 saturated heterocycles. The Kier molecular flexibility index (Phi) is 5.76. The van der Waals surface area contributed by atoms with Crippen molar-refractivity contribution in [1.29, 1.82) is 0 Å². The van der Waals surface area contributed by atoms with E-state index in [0.29, 0.717) is 24.2 Å². The monoisotopic (exact) mass is 350 g/mol. The third-order valence-electron chi connectivity index (χ3n) is 4.35. The summed E-state index contributed by atoms with van der Waals surface area (Å²) < 4.78 is 40.1. The molecule has 2 nitrogen and oxygen atoms in total. The van der Waals surface area contributed by atoms with Crippen LogP contribution in [0.1, 0.15) is 58.1 Å². The molecule has 2 rings (SSSR count). The van der Waals surface area contributed by atoms with Gasteiger partial charge < -0.3 is 5.32 Å². The molecule has 0 unspecified atom stereocenters. The maximum Gasteiger partial charge on any atom is 0.416 e. The van der Waals surface area contributed by atoms with Gasteiger partial charge in [-0.15, -0.1) is 0 Å². The number of benzene rings is 1. The third-order valence-corrected chi connectivity index (χ3v) is 4.35. The van der Waals surface area contributed by atoms with Crippen molar-refractivity contribution in [3.63, 3.8) is 0 Å². The van der Waals surface area contributed by atoms with Gasteiger partial charge in [0.05, 0.1) is 16.9 Å². The molecule has 1 fully saturated rings. The molecule has 0 atom stereocenters. The smallest absolute Gasteiger partial charge is 0.364 e. The predicted octanol–water partition coefficient (Wildman–Crippen LogP) is 5.96. The Balaban J connectivity index is 2.30. The van der Waals surface area contributed by atoms with Crippen LogP contribution < -0.4 is 5.32 Å². The molecule has 0 amide bonds. The van der Waals surface area contributed by atoms with Crippen LogP contribution in [0.4, 0.5) is 13.2 Å². The number of alkyl halides is 3. The van der Waals surface area contributed by atoms with Crippen LogP contribution in [0.3, 0.4) is 0 Å². The Hall–Kier alpha value is -2.04. The number of allylic oxidation sites excluding steroid dienone is 3. The van der Waals surface area contributed by atoms with Crippen LogP contribution in [-0.2, 0) is 11.7 Å². The Morgan fingerprint density at radius 2 is 1.76 bits per heavy atom. The van der Waals surface area contributed by atoms with E-state index in [4.69, 9.17) is 0 Å². The second-order valence-corrected chi connectivity index (χ2v) is 6.91. The number of hydrogen-bond acceptors (Lipinski definition) is 1. The van der Waals surface area contributed by atoms with Crippen molar-refractivity contribution in [1.82, 2.24) is 5.32 Å². The number of halogens is 3. The zero-order chi connectivity index (χ0) is 18.7. The molecule has 1 aromatic rings. The fraction of sp³-hybridized carbons (Fsp3) is 0.450. The molecule has 0 heterocycles. The molecule has 0 aliphatic heterocycles. The van der Waals surface area contributed by atoms with Gasteiger partial charge in [-0.25, -0.2) is 4.99 Å². The average Bonchev–Trinajstić information content (AvgIpc) is 2.47. The van der Waals surface area contributed by atoms with Crippen LogP contribution in [0.2, 0.25) is 0 Å². The normalized spacial score (nSPS) is 17.7. The highest BCUT2D eigenvalue weighted by Gasteiger charge is 2.45. The average molecular weight is 350 g/mol. The minimum atomic E-state index is -4.36. The van der Waals surface area contributed by atoms with E-state index in [9.17, 15) is 13.2 Å². The summed E-state index contributed by atoms with van der Waals surface area (Å²) >= 11 is 0. The standard InChI is InChI=1S/C20H25F3N2/c1-14(2)12-15(3)13-24-16(4)25-19(10-7-11-19)17-8-5-6-9-18(17)20(21,22)23/h5-6,8-9,12-13H,7,10-11H2,1-4H3,(H,24,25)/b15-13-. The van der Waals surface area contributed by atoms with Gasteiger partial charge in [0.25, 0.3) is 0 Å². The third kappa shape index (κ3) is 4.74. The first-order chi connectivity index (χ1) is 11.6. The van der Waals surface area contributed by atoms with Gasteiger partial charge in [0.1, 0.15) is 0 Å². The Labute approximate surface area is 147 Å². The van der Waals surface area contributed by atoms with Crippen molar-refractivity contribution in [3.05, 3.63) is 58.8 Å². The fourth-order valence-corrected chi connectivity index (χ4v) is 3.21. The van der Waals surface area contributed by atoms with Gasteiger partial charge in [-0.3, -0.25) is 0 Å². The highest BCUT2D eigenvalue weighted by Crippen LogP contribution is 2.46. The zero-order valence-corrected chi connectivity index (χ0v) is 15.2. The first kappa shape index (κ1) is 19.3. The topological polar surface area (TPSA) is 24.4 Å². The number of nitrogens with zero attached hydrogens (tertiary/aromatic N) is 1. The number of rotatable bonds is 4. The fourth-order valence-electron chi connectivity index (χ4n) is 3.21. The van der Waals surface area contributed by atoms with Crippen molar-refractivity contribution >= 4 is 5.84 Å². The van der Waals surface area contributed by atoms with Crippen LogP contribution in [0.15, 0.2) is 52.7 Å². The SMILES string of the molecule is CC(C)=C/C(C)=C\N=C(/C)NC1(c2ccccc2C(F)(F)F)CCC1. The maximum atomic E-state index is 13.4. The summed E-state index contributed by atoms with van der Waals surface area (Å²) in [6, 6.07) is 5.83. The molecule has 1 aromatic carbocycles. The van der Waals surface area contributed by atoms with E-state index in [1.807, 2.05) is 26.8 Å². The second kappa shape index (κ2) is 7.46. The van der Waals surface area contributed by atoms with Crippen molar-refractivity contribution in [2.24, 2.45) is 4.99 Å². The molecule has 0 bridgehead atoms. The molecule has 136 valence electrons. The maximum absolute atomic E-state index is 13.4. The Morgan fingerprint density at radius 3 is 2.28 bits per heavy atom. The van der Waals surface area contributed by atoms with Crippen LogP contribution in [0.5, 0.6) is 0 Å². The van der Waals surface area contributed by atoms with E-state index >= 15 is 0 Å². The van der Waals surface area contributed by atoms with Crippen LogP contribution >= 0.6 is 0 Å². The largest absolute Gasteiger partial charge is 0.416 e. The summed E-state index contributed by atoms with van der Waals surface area (Å²) in [4.78, 5) is 4.38. The van der Waals surface area contributed by atoms with Gasteiger partial charge in [0, 0.05) is 6.20 Å². The van der Waals surface area contributed by atoms with Crippen molar-refractivity contribution in [2.75, 3.05) is 0 Å². The molecule has 5 heteroatoms. The van der Waals surface area contributed by atoms with E-state index in [0.717, 1.165) is 18.1 Å². The van der Waals surface area contributed by atoms with Crippen LogP contribution in [-0.4, -0.2) is 5.84 Å². The number of hydrogen-bond donors (Lipinski definition) is 1. The van der Waals surface area contributed by atoms with Crippen molar-refractivity contribution < 1.29 is 13.2 Å². The van der Waals surface area contributed by atoms with Gasteiger partial charge in [0.2, 0.25) is 0 Å². The van der Waals surface area contributed by atoms with Crippen molar-refractivity contribution in [3.8, 4) is 0 Å². The highest BCUT2D eigenvalue weighted by molar-refractivity contribution is 5.81. The summed E-state index contributed by atoms with van der Waals surface area (Å²) in [5.41, 5.74) is 1.24. The molecule has 0 radical (unpaired) electrons. The first-order valence-electron chi connectivity index (χ1n) is 8.45. The Bertz CT molecular complexity index is 704. The summed E-state index contributed by atoms with van der Waals surface area (Å²) in [7, 11) is 0. The lowest BCUT2D eigenvalue weighted by Crippen LogP contribution is -2.51. The summed E-state index contributed by atoms with van der Waals surface area (Å²) in [5, 5.41) is 3.25. The van der Waals surface area contributed by atoms with Gasteiger partial charge in [0.15, 0.2) is 0 Å². The van der Waals surface area contributed by atoms with E-state index < -0.39 is 17.3 Å². The number of aliphatic imine (C=N–C) groups is 1. The first-order valence-corrected chi connectivity index (χ1v) is 8.45. The quantitative estimate of drug-likeness (QED) is 0.404. The molecule has 25 heavy (non-hydrogen) atoms.